The second kappa shape index (κ2) is 7.40. The van der Waals surface area contributed by atoms with Crippen molar-refractivity contribution < 1.29 is 9.18 Å². The predicted molar refractivity (Wildman–Crippen MR) is 93.7 cm³/mol. The minimum atomic E-state index is -0.537. The van der Waals surface area contributed by atoms with Crippen LogP contribution in [0.2, 0.25) is 0 Å². The number of amides is 1. The van der Waals surface area contributed by atoms with Crippen molar-refractivity contribution in [3.05, 3.63) is 82.3 Å². The number of aromatic nitrogens is 2. The van der Waals surface area contributed by atoms with Crippen molar-refractivity contribution in [2.24, 2.45) is 0 Å². The van der Waals surface area contributed by atoms with Gasteiger partial charge in [-0.3, -0.25) is 4.79 Å². The average molecular weight is 388 g/mol. The number of rotatable bonds is 5. The molecule has 6 heteroatoms. The fourth-order valence-corrected chi connectivity index (χ4v) is 2.66. The number of hydrogen-bond donors (Lipinski definition) is 1. The Bertz CT molecular complexity index is 832. The molecule has 122 valence electrons. The molecule has 0 spiro atoms. The minimum absolute atomic E-state index is 0.0484. The van der Waals surface area contributed by atoms with Gasteiger partial charge in [-0.1, -0.05) is 28.1 Å². The molecule has 0 radical (unpaired) electrons. The van der Waals surface area contributed by atoms with E-state index >= 15 is 0 Å². The molecule has 0 saturated heterocycles. The van der Waals surface area contributed by atoms with Crippen molar-refractivity contribution in [3.8, 4) is 5.69 Å². The lowest BCUT2D eigenvalue weighted by Gasteiger charge is -2.07. The summed E-state index contributed by atoms with van der Waals surface area (Å²) in [5, 5.41) is 6.91. The molecule has 0 unspecified atom stereocenters. The second-order valence-electron chi connectivity index (χ2n) is 5.25. The summed E-state index contributed by atoms with van der Waals surface area (Å²) in [6.45, 7) is 0.440. The number of hydrogen-bond acceptors (Lipinski definition) is 2. The first kappa shape index (κ1) is 16.4. The fraction of sp³-hybridized carbons (Fsp3) is 0.111. The molecule has 1 N–H and O–H groups in total. The van der Waals surface area contributed by atoms with E-state index in [2.05, 4.69) is 26.3 Å². The Morgan fingerprint density at radius 3 is 2.67 bits per heavy atom. The number of benzene rings is 2. The molecule has 0 atom stereocenters. The van der Waals surface area contributed by atoms with Crippen LogP contribution in [-0.2, 0) is 6.42 Å². The first-order valence-electron chi connectivity index (χ1n) is 7.46. The molecular formula is C18H15BrFN3O. The highest BCUT2D eigenvalue weighted by molar-refractivity contribution is 9.10. The van der Waals surface area contributed by atoms with Gasteiger partial charge in [-0.15, -0.1) is 0 Å². The number of halogens is 2. The van der Waals surface area contributed by atoms with E-state index < -0.39 is 11.7 Å². The molecular weight excluding hydrogens is 373 g/mol. The molecule has 0 saturated carbocycles. The second-order valence-corrected chi connectivity index (χ2v) is 6.16. The monoisotopic (exact) mass is 387 g/mol. The third-order valence-corrected chi connectivity index (χ3v) is 4.07. The zero-order valence-corrected chi connectivity index (χ0v) is 14.3. The van der Waals surface area contributed by atoms with E-state index in [0.29, 0.717) is 17.4 Å². The molecule has 0 aliphatic carbocycles. The molecule has 0 aliphatic rings. The molecule has 0 aliphatic heterocycles. The number of carbonyl (C=O) groups excluding carboxylic acids is 1. The summed E-state index contributed by atoms with van der Waals surface area (Å²) in [5.74, 6) is -0.946. The lowest BCUT2D eigenvalue weighted by atomic mass is 10.1. The van der Waals surface area contributed by atoms with Crippen molar-refractivity contribution in [2.75, 3.05) is 6.54 Å². The molecule has 3 rings (SSSR count). The summed E-state index contributed by atoms with van der Waals surface area (Å²) in [5.41, 5.74) is 2.11. The van der Waals surface area contributed by atoms with Crippen LogP contribution in [0.25, 0.3) is 5.69 Å². The third kappa shape index (κ3) is 3.89. The highest BCUT2D eigenvalue weighted by Gasteiger charge is 2.11. The molecule has 0 fully saturated rings. The topological polar surface area (TPSA) is 46.9 Å². The van der Waals surface area contributed by atoms with Gasteiger partial charge in [0.05, 0.1) is 11.3 Å². The van der Waals surface area contributed by atoms with Gasteiger partial charge in [0.15, 0.2) is 0 Å². The number of nitrogens with one attached hydrogen (secondary N) is 1. The Labute approximate surface area is 147 Å². The van der Waals surface area contributed by atoms with Crippen molar-refractivity contribution in [2.45, 2.75) is 6.42 Å². The van der Waals surface area contributed by atoms with Gasteiger partial charge in [0.25, 0.3) is 5.91 Å². The maximum atomic E-state index is 13.7. The van der Waals surface area contributed by atoms with Crippen molar-refractivity contribution in [1.82, 2.24) is 15.1 Å². The largest absolute Gasteiger partial charge is 0.352 e. The third-order valence-electron chi connectivity index (χ3n) is 3.58. The van der Waals surface area contributed by atoms with Gasteiger partial charge in [-0.2, -0.15) is 5.10 Å². The number of carbonyl (C=O) groups is 1. The van der Waals surface area contributed by atoms with E-state index in [1.165, 1.54) is 12.1 Å². The van der Waals surface area contributed by atoms with Gasteiger partial charge in [-0.25, -0.2) is 9.07 Å². The zero-order valence-electron chi connectivity index (χ0n) is 12.7. The average Bonchev–Trinajstić information content (AvgIpc) is 3.10. The van der Waals surface area contributed by atoms with Crippen LogP contribution in [0.1, 0.15) is 15.9 Å². The van der Waals surface area contributed by atoms with Gasteiger partial charge < -0.3 is 5.32 Å². The smallest absolute Gasteiger partial charge is 0.254 e. The highest BCUT2D eigenvalue weighted by atomic mass is 79.9. The van der Waals surface area contributed by atoms with E-state index in [0.717, 1.165) is 11.3 Å². The SMILES string of the molecule is O=C(NCCc1ccc(-n2cccn2)cc1)c1ccc(Br)cc1F. The quantitative estimate of drug-likeness (QED) is 0.724. The van der Waals surface area contributed by atoms with Crippen molar-refractivity contribution in [1.29, 1.82) is 0 Å². The summed E-state index contributed by atoms with van der Waals surface area (Å²) in [6.07, 6.45) is 4.27. The fourth-order valence-electron chi connectivity index (χ4n) is 2.33. The Morgan fingerprint density at radius 1 is 1.21 bits per heavy atom. The van der Waals surface area contributed by atoms with Gasteiger partial charge >= 0.3 is 0 Å². The molecule has 1 amide bonds. The van der Waals surface area contributed by atoms with Crippen LogP contribution in [0.4, 0.5) is 4.39 Å². The van der Waals surface area contributed by atoms with Crippen LogP contribution in [0, 0.1) is 5.82 Å². The molecule has 4 nitrogen and oxygen atoms in total. The predicted octanol–water partition coefficient (Wildman–Crippen LogP) is 3.75. The van der Waals surface area contributed by atoms with Crippen LogP contribution < -0.4 is 5.32 Å². The Morgan fingerprint density at radius 2 is 2.00 bits per heavy atom. The lowest BCUT2D eigenvalue weighted by Crippen LogP contribution is -2.26. The highest BCUT2D eigenvalue weighted by Crippen LogP contribution is 2.15. The minimum Gasteiger partial charge on any atom is -0.352 e. The molecule has 0 bridgehead atoms. The van der Waals surface area contributed by atoms with E-state index in [4.69, 9.17) is 0 Å². The first-order valence-corrected chi connectivity index (χ1v) is 8.25. The molecule has 1 heterocycles. The maximum absolute atomic E-state index is 13.7. The molecule has 24 heavy (non-hydrogen) atoms. The summed E-state index contributed by atoms with van der Waals surface area (Å²) in [6, 6.07) is 14.2. The summed E-state index contributed by atoms with van der Waals surface area (Å²) in [7, 11) is 0. The van der Waals surface area contributed by atoms with Crippen LogP contribution >= 0.6 is 15.9 Å². The van der Waals surface area contributed by atoms with E-state index in [9.17, 15) is 9.18 Å². The van der Waals surface area contributed by atoms with E-state index in [1.54, 1.807) is 16.9 Å². The van der Waals surface area contributed by atoms with Gasteiger partial charge in [0.2, 0.25) is 0 Å². The zero-order chi connectivity index (χ0) is 16.9. The normalized spacial score (nSPS) is 10.6. The van der Waals surface area contributed by atoms with Crippen LogP contribution in [0.3, 0.4) is 0 Å². The summed E-state index contributed by atoms with van der Waals surface area (Å²) >= 11 is 3.17. The van der Waals surface area contributed by atoms with Gasteiger partial charge in [0.1, 0.15) is 5.82 Å². The Hall–Kier alpha value is -2.47. The standard InChI is InChI=1S/C18H15BrFN3O/c19-14-4-7-16(17(20)12-14)18(24)21-10-8-13-2-5-15(6-3-13)23-11-1-9-22-23/h1-7,9,11-12H,8,10H2,(H,21,24). The summed E-state index contributed by atoms with van der Waals surface area (Å²) < 4.78 is 16.1. The van der Waals surface area contributed by atoms with Gasteiger partial charge in [0, 0.05) is 23.4 Å². The van der Waals surface area contributed by atoms with Crippen LogP contribution in [0.15, 0.2) is 65.4 Å². The van der Waals surface area contributed by atoms with E-state index in [1.807, 2.05) is 36.5 Å². The molecule has 1 aromatic heterocycles. The first-order chi connectivity index (χ1) is 11.6. The van der Waals surface area contributed by atoms with Crippen LogP contribution in [0.5, 0.6) is 0 Å². The maximum Gasteiger partial charge on any atom is 0.254 e. The van der Waals surface area contributed by atoms with Gasteiger partial charge in [-0.05, 0) is 48.4 Å². The van der Waals surface area contributed by atoms with Crippen molar-refractivity contribution >= 4 is 21.8 Å². The van der Waals surface area contributed by atoms with Crippen molar-refractivity contribution in [3.63, 3.8) is 0 Å². The van der Waals surface area contributed by atoms with Crippen LogP contribution in [-0.4, -0.2) is 22.2 Å². The lowest BCUT2D eigenvalue weighted by molar-refractivity contribution is 0.0950. The Kier molecular flexibility index (Phi) is 5.05. The number of nitrogens with zero attached hydrogens (tertiary/aromatic N) is 2. The van der Waals surface area contributed by atoms with E-state index in [-0.39, 0.29) is 5.56 Å². The molecule has 3 aromatic rings. The Balaban J connectivity index is 1.55. The molecule has 2 aromatic carbocycles. The summed E-state index contributed by atoms with van der Waals surface area (Å²) in [4.78, 5) is 12.0.